The Kier molecular flexibility index (Phi) is 0.714. The minimum Gasteiger partial charge on any atom is -0.397 e. The number of hydrogen-bond acceptors (Lipinski definition) is 3. The van der Waals surface area contributed by atoms with Gasteiger partial charge in [0.25, 0.3) is 0 Å². The smallest absolute Gasteiger partial charge is 0.0378 e. The lowest BCUT2D eigenvalue weighted by atomic mass is 10.6. The molecule has 0 bridgehead atoms. The summed E-state index contributed by atoms with van der Waals surface area (Å²) in [7, 11) is 0. The Hall–Kier alpha value is -1.06. The molecule has 0 saturated carbocycles. The zero-order valence-electron chi connectivity index (χ0n) is 3.71. The Morgan fingerprint density at radius 1 is 2.00 bits per heavy atom. The molecule has 0 aromatic carbocycles. The van der Waals surface area contributed by atoms with E-state index in [0.717, 1.165) is 0 Å². The number of rotatable bonds is 0. The van der Waals surface area contributed by atoms with E-state index in [2.05, 4.69) is 16.0 Å². The summed E-state index contributed by atoms with van der Waals surface area (Å²) in [6.07, 6.45) is 2.22. The number of aromatic nitrogens is 2. The summed E-state index contributed by atoms with van der Waals surface area (Å²) >= 11 is 0. The van der Waals surface area contributed by atoms with Crippen LogP contribution in [0.2, 0.25) is 0 Å². The van der Waals surface area contributed by atoms with Gasteiger partial charge < -0.3 is 5.21 Å². The van der Waals surface area contributed by atoms with Crippen LogP contribution in [0, 0.1) is 18.3 Å². The fourth-order valence-electron chi connectivity index (χ4n) is 0.271. The number of nitrogens with zero attached hydrogens (tertiary/aromatic N) is 2. The van der Waals surface area contributed by atoms with Crippen LogP contribution in [0.3, 0.4) is 0 Å². The molecule has 0 spiro atoms. The molecule has 1 aromatic heterocycles. The van der Waals surface area contributed by atoms with Gasteiger partial charge in [-0.1, -0.05) is 0 Å². The van der Waals surface area contributed by atoms with Gasteiger partial charge in [-0.05, 0) is 12.1 Å². The molecule has 0 aliphatic rings. The lowest BCUT2D eigenvalue weighted by Crippen LogP contribution is -2.21. The second kappa shape index (κ2) is 1.22. The van der Waals surface area contributed by atoms with Crippen LogP contribution in [0.4, 0.5) is 0 Å². The molecule has 0 radical (unpaired) electrons. The minimum atomic E-state index is 0.176. The maximum absolute atomic E-state index is 9.92. The molecular weight excluding hydrogens is 96.0 g/mol. The first-order valence-corrected chi connectivity index (χ1v) is 1.74. The fraction of sp³-hybridized carbons (Fsp3) is 0.333. The summed E-state index contributed by atoms with van der Waals surface area (Å²) < 4.78 is 4.02. The maximum Gasteiger partial charge on any atom is 0.0378 e. The molecule has 0 aliphatic carbocycles. The van der Waals surface area contributed by atoms with Gasteiger partial charge >= 0.3 is 0 Å². The molecule has 1 heterocycles. The predicted molar refractivity (Wildman–Crippen MR) is 19.0 cm³/mol. The molecule has 4 heteroatoms. The van der Waals surface area contributed by atoms with Crippen LogP contribution >= 0.6 is 0 Å². The van der Waals surface area contributed by atoms with Gasteiger partial charge in [0.05, 0.1) is 0 Å². The highest BCUT2D eigenvalue weighted by Gasteiger charge is 1.76. The summed E-state index contributed by atoms with van der Waals surface area (Å²) in [5, 5.41) is 13.2. The minimum absolute atomic E-state index is 0.176. The van der Waals surface area contributed by atoms with E-state index < -0.39 is 0 Å². The van der Waals surface area contributed by atoms with E-state index in [-0.39, 0.29) is 4.90 Å². The lowest BCUT2D eigenvalue weighted by molar-refractivity contribution is -0.805. The summed E-state index contributed by atoms with van der Waals surface area (Å²) in [6.45, 7) is 1.62. The molecule has 7 heavy (non-hydrogen) atoms. The van der Waals surface area contributed by atoms with Crippen LogP contribution in [0.5, 0.6) is 0 Å². The molecule has 1 aromatic rings. The quantitative estimate of drug-likeness (QED) is 0.323. The summed E-state index contributed by atoms with van der Waals surface area (Å²) in [6, 6.07) is 0. The molecule has 0 fully saturated rings. The van der Waals surface area contributed by atoms with E-state index in [1.165, 1.54) is 0 Å². The first-order chi connectivity index (χ1) is 3.29. The molecule has 0 aliphatic heterocycles. The first-order valence-electron chi connectivity index (χ1n) is 1.74. The number of hydrogen-bond donors (Lipinski definition) is 0. The Balaban J connectivity index is 3.04. The standard InChI is InChI=1S/C3H3N2O2/c1-3-2-5(6)7-4-3/h1H3/q-1. The second-order valence-corrected chi connectivity index (χ2v) is 1.13. The zero-order chi connectivity index (χ0) is 5.28. The van der Waals surface area contributed by atoms with Crippen molar-refractivity contribution in [3.8, 4) is 0 Å². The molecule has 0 amide bonds. The average Bonchev–Trinajstić information content (AvgIpc) is 1.87. The summed E-state index contributed by atoms with van der Waals surface area (Å²) in [4.78, 5) is 0.176. The Bertz CT molecular complexity index is 143. The van der Waals surface area contributed by atoms with Crippen molar-refractivity contribution in [2.75, 3.05) is 0 Å². The van der Waals surface area contributed by atoms with Gasteiger partial charge in [0.15, 0.2) is 0 Å². The molecule has 38 valence electrons. The van der Waals surface area contributed by atoms with Crippen LogP contribution in [-0.4, -0.2) is 5.16 Å². The zero-order valence-corrected chi connectivity index (χ0v) is 3.71. The van der Waals surface area contributed by atoms with Crippen LogP contribution in [0.25, 0.3) is 0 Å². The van der Waals surface area contributed by atoms with Crippen LogP contribution in [-0.2, 0) is 0 Å². The highest BCUT2D eigenvalue weighted by Crippen LogP contribution is 1.77. The van der Waals surface area contributed by atoms with Gasteiger partial charge in [-0.3, -0.25) is 4.63 Å². The van der Waals surface area contributed by atoms with Gasteiger partial charge in [-0.25, -0.2) is 4.90 Å². The predicted octanol–water partition coefficient (Wildman–Crippen LogP) is -0.583. The van der Waals surface area contributed by atoms with Crippen molar-refractivity contribution in [2.24, 2.45) is 0 Å². The second-order valence-electron chi connectivity index (χ2n) is 1.13. The highest BCUT2D eigenvalue weighted by molar-refractivity contribution is 4.75. The third kappa shape index (κ3) is 0.677. The van der Waals surface area contributed by atoms with Gasteiger partial charge in [0, 0.05) is 5.69 Å². The Labute approximate surface area is 39.9 Å². The van der Waals surface area contributed by atoms with Gasteiger partial charge in [-0.15, -0.1) is 0 Å². The topological polar surface area (TPSA) is 53.0 Å². The summed E-state index contributed by atoms with van der Waals surface area (Å²) in [5.41, 5.74) is 0.468. The van der Waals surface area contributed by atoms with E-state index >= 15 is 0 Å². The van der Waals surface area contributed by atoms with Crippen molar-refractivity contribution >= 4 is 0 Å². The number of aryl methyl sites for hydroxylation is 1. The van der Waals surface area contributed by atoms with Gasteiger partial charge in [0.2, 0.25) is 0 Å². The van der Waals surface area contributed by atoms with E-state index in [4.69, 9.17) is 0 Å². The molecule has 0 N–H and O–H groups in total. The van der Waals surface area contributed by atoms with Crippen molar-refractivity contribution in [2.45, 2.75) is 6.92 Å². The Morgan fingerprint density at radius 2 is 2.71 bits per heavy atom. The van der Waals surface area contributed by atoms with Crippen LogP contribution in [0.1, 0.15) is 5.69 Å². The van der Waals surface area contributed by atoms with E-state index in [0.29, 0.717) is 5.69 Å². The van der Waals surface area contributed by atoms with Crippen molar-refractivity contribution in [3.63, 3.8) is 0 Å². The summed E-state index contributed by atoms with van der Waals surface area (Å²) in [5.74, 6) is 0. The first kappa shape index (κ1) is 4.11. The van der Waals surface area contributed by atoms with Crippen molar-refractivity contribution in [3.05, 3.63) is 17.1 Å². The molecular formula is C3H3N2O2-. The van der Waals surface area contributed by atoms with Crippen molar-refractivity contribution in [1.29, 1.82) is 0 Å². The normalized spacial score (nSPS) is 9.29. The van der Waals surface area contributed by atoms with E-state index in [9.17, 15) is 5.21 Å². The van der Waals surface area contributed by atoms with E-state index in [1.807, 2.05) is 0 Å². The molecule has 0 saturated heterocycles. The van der Waals surface area contributed by atoms with Crippen LogP contribution < -0.4 is 4.90 Å². The Morgan fingerprint density at radius 3 is 2.86 bits per heavy atom. The van der Waals surface area contributed by atoms with Gasteiger partial charge in [0.1, 0.15) is 0 Å². The average molecular weight is 99.1 g/mol. The largest absolute Gasteiger partial charge is 0.397 e. The molecule has 0 unspecified atom stereocenters. The SMILES string of the molecule is Cc1[c-][n+]([O-])on1. The molecule has 0 atom stereocenters. The van der Waals surface area contributed by atoms with E-state index in [1.54, 1.807) is 6.92 Å². The maximum atomic E-state index is 9.92. The van der Waals surface area contributed by atoms with Crippen molar-refractivity contribution in [1.82, 2.24) is 5.16 Å². The third-order valence-corrected chi connectivity index (χ3v) is 0.505. The van der Waals surface area contributed by atoms with Crippen molar-refractivity contribution < 1.29 is 9.53 Å². The monoisotopic (exact) mass is 99.0 g/mol. The van der Waals surface area contributed by atoms with Crippen LogP contribution in [0.15, 0.2) is 4.63 Å². The third-order valence-electron chi connectivity index (χ3n) is 0.505. The lowest BCUT2D eigenvalue weighted by Gasteiger charge is -1.88. The molecule has 1 rings (SSSR count). The fourth-order valence-corrected chi connectivity index (χ4v) is 0.271. The van der Waals surface area contributed by atoms with Gasteiger partial charge in [-0.2, -0.15) is 6.20 Å². The molecule has 4 nitrogen and oxygen atoms in total. The highest BCUT2D eigenvalue weighted by atomic mass is 16.8.